The van der Waals surface area contributed by atoms with Gasteiger partial charge in [-0.2, -0.15) is 18.3 Å². The topological polar surface area (TPSA) is 49.2 Å². The SMILES string of the molecule is COc1ccc(OCc2ccccc2)c(-c2ccn(-c3ncccc3C(F)(F)F)n2)c1. The van der Waals surface area contributed by atoms with E-state index in [1.165, 1.54) is 25.6 Å². The number of methoxy groups -OCH3 is 1. The van der Waals surface area contributed by atoms with Crippen LogP contribution in [0.2, 0.25) is 0 Å². The summed E-state index contributed by atoms with van der Waals surface area (Å²) in [7, 11) is 1.53. The van der Waals surface area contributed by atoms with Crippen molar-refractivity contribution in [2.45, 2.75) is 12.8 Å². The van der Waals surface area contributed by atoms with E-state index < -0.39 is 11.7 Å². The molecule has 0 saturated heterocycles. The fraction of sp³-hybridized carbons (Fsp3) is 0.130. The van der Waals surface area contributed by atoms with E-state index in [1.807, 2.05) is 30.3 Å². The van der Waals surface area contributed by atoms with Gasteiger partial charge in [-0.3, -0.25) is 0 Å². The van der Waals surface area contributed by atoms with Gasteiger partial charge >= 0.3 is 6.18 Å². The number of pyridine rings is 1. The first-order valence-corrected chi connectivity index (χ1v) is 9.39. The molecule has 0 aliphatic rings. The zero-order chi connectivity index (χ0) is 21.8. The Balaban J connectivity index is 1.70. The average Bonchev–Trinajstić information content (AvgIpc) is 3.28. The number of hydrogen-bond acceptors (Lipinski definition) is 4. The van der Waals surface area contributed by atoms with Crippen LogP contribution in [0.4, 0.5) is 13.2 Å². The second-order valence-corrected chi connectivity index (χ2v) is 6.65. The molecule has 5 nitrogen and oxygen atoms in total. The molecule has 4 aromatic rings. The molecule has 0 radical (unpaired) electrons. The van der Waals surface area contributed by atoms with Gasteiger partial charge in [0.1, 0.15) is 23.7 Å². The quantitative estimate of drug-likeness (QED) is 0.407. The van der Waals surface area contributed by atoms with Gasteiger partial charge in [0.05, 0.1) is 12.8 Å². The van der Waals surface area contributed by atoms with Crippen LogP contribution in [0.15, 0.2) is 79.1 Å². The highest BCUT2D eigenvalue weighted by molar-refractivity contribution is 5.69. The summed E-state index contributed by atoms with van der Waals surface area (Å²) in [6.45, 7) is 0.333. The number of hydrogen-bond donors (Lipinski definition) is 0. The third kappa shape index (κ3) is 4.53. The van der Waals surface area contributed by atoms with Gasteiger partial charge in [0.25, 0.3) is 0 Å². The molecular formula is C23H18F3N3O2. The Hall–Kier alpha value is -3.81. The van der Waals surface area contributed by atoms with Crippen molar-refractivity contribution in [1.29, 1.82) is 0 Å². The lowest BCUT2D eigenvalue weighted by Crippen LogP contribution is -2.12. The Bertz CT molecular complexity index is 1170. The number of nitrogens with zero attached hydrogens (tertiary/aromatic N) is 3. The number of alkyl halides is 3. The average molecular weight is 425 g/mol. The Morgan fingerprint density at radius 2 is 1.77 bits per heavy atom. The first-order chi connectivity index (χ1) is 15.0. The summed E-state index contributed by atoms with van der Waals surface area (Å²) in [4.78, 5) is 3.88. The van der Waals surface area contributed by atoms with E-state index in [-0.39, 0.29) is 5.82 Å². The van der Waals surface area contributed by atoms with Crippen LogP contribution in [0.3, 0.4) is 0 Å². The first-order valence-electron chi connectivity index (χ1n) is 9.39. The largest absolute Gasteiger partial charge is 0.497 e. The molecule has 8 heteroatoms. The lowest BCUT2D eigenvalue weighted by molar-refractivity contribution is -0.137. The molecule has 0 fully saturated rings. The first kappa shape index (κ1) is 20.5. The van der Waals surface area contributed by atoms with Crippen LogP contribution in [0.5, 0.6) is 11.5 Å². The Morgan fingerprint density at radius 3 is 2.52 bits per heavy atom. The number of benzene rings is 2. The molecule has 0 amide bonds. The van der Waals surface area contributed by atoms with E-state index in [2.05, 4.69) is 10.1 Å². The van der Waals surface area contributed by atoms with Gasteiger partial charge in [-0.25, -0.2) is 9.67 Å². The summed E-state index contributed by atoms with van der Waals surface area (Å²) in [6, 6.07) is 18.7. The molecule has 0 atom stereocenters. The summed E-state index contributed by atoms with van der Waals surface area (Å²) in [5, 5.41) is 4.33. The van der Waals surface area contributed by atoms with Crippen LogP contribution in [-0.4, -0.2) is 21.9 Å². The maximum Gasteiger partial charge on any atom is 0.420 e. The number of rotatable bonds is 6. The monoisotopic (exact) mass is 425 g/mol. The molecule has 4 rings (SSSR count). The molecule has 0 unspecified atom stereocenters. The molecule has 2 aromatic carbocycles. The van der Waals surface area contributed by atoms with Gasteiger partial charge in [0.15, 0.2) is 5.82 Å². The minimum absolute atomic E-state index is 0.295. The van der Waals surface area contributed by atoms with Gasteiger partial charge in [0.2, 0.25) is 0 Å². The van der Waals surface area contributed by atoms with Crippen LogP contribution in [-0.2, 0) is 12.8 Å². The molecule has 0 N–H and O–H groups in total. The summed E-state index contributed by atoms with van der Waals surface area (Å²) < 4.78 is 52.5. The maximum atomic E-state index is 13.4. The molecule has 2 heterocycles. The molecule has 0 aliphatic carbocycles. The Labute approximate surface area is 176 Å². The van der Waals surface area contributed by atoms with Crippen molar-refractivity contribution in [3.05, 3.63) is 90.3 Å². The second kappa shape index (κ2) is 8.51. The fourth-order valence-corrected chi connectivity index (χ4v) is 3.08. The zero-order valence-electron chi connectivity index (χ0n) is 16.5. The van der Waals surface area contributed by atoms with E-state index in [0.717, 1.165) is 16.3 Å². The van der Waals surface area contributed by atoms with Gasteiger partial charge in [-0.15, -0.1) is 0 Å². The van der Waals surface area contributed by atoms with E-state index in [0.29, 0.717) is 29.4 Å². The van der Waals surface area contributed by atoms with Crippen LogP contribution in [0.1, 0.15) is 11.1 Å². The van der Waals surface area contributed by atoms with E-state index in [1.54, 1.807) is 24.3 Å². The van der Waals surface area contributed by atoms with Crippen molar-refractivity contribution in [2.24, 2.45) is 0 Å². The lowest BCUT2D eigenvalue weighted by atomic mass is 10.1. The van der Waals surface area contributed by atoms with Crippen molar-refractivity contribution < 1.29 is 22.6 Å². The third-order valence-electron chi connectivity index (χ3n) is 4.60. The minimum atomic E-state index is -4.55. The highest BCUT2D eigenvalue weighted by atomic mass is 19.4. The molecule has 0 bridgehead atoms. The van der Waals surface area contributed by atoms with Crippen molar-refractivity contribution in [2.75, 3.05) is 7.11 Å². The summed E-state index contributed by atoms with van der Waals surface area (Å²) in [5.41, 5.74) is 1.15. The molecule has 0 saturated carbocycles. The second-order valence-electron chi connectivity index (χ2n) is 6.65. The van der Waals surface area contributed by atoms with Crippen LogP contribution in [0.25, 0.3) is 17.1 Å². The summed E-state index contributed by atoms with van der Waals surface area (Å²) in [6.07, 6.45) is -1.81. The predicted molar refractivity (Wildman–Crippen MR) is 109 cm³/mol. The highest BCUT2D eigenvalue weighted by Crippen LogP contribution is 2.35. The van der Waals surface area contributed by atoms with Crippen molar-refractivity contribution in [1.82, 2.24) is 14.8 Å². The Morgan fingerprint density at radius 1 is 0.968 bits per heavy atom. The van der Waals surface area contributed by atoms with E-state index >= 15 is 0 Å². The van der Waals surface area contributed by atoms with Crippen molar-refractivity contribution in [3.8, 4) is 28.6 Å². The van der Waals surface area contributed by atoms with Crippen LogP contribution < -0.4 is 9.47 Å². The third-order valence-corrected chi connectivity index (χ3v) is 4.60. The standard InChI is InChI=1S/C23H18F3N3O2/c1-30-17-9-10-21(31-15-16-6-3-2-4-7-16)18(14-17)20-11-13-29(28-20)22-19(23(24,25)26)8-5-12-27-22/h2-14H,15H2,1H3. The summed E-state index contributed by atoms with van der Waals surface area (Å²) >= 11 is 0. The number of aromatic nitrogens is 3. The maximum absolute atomic E-state index is 13.4. The van der Waals surface area contributed by atoms with Crippen LogP contribution >= 0.6 is 0 Å². The minimum Gasteiger partial charge on any atom is -0.497 e. The fourth-order valence-electron chi connectivity index (χ4n) is 3.08. The highest BCUT2D eigenvalue weighted by Gasteiger charge is 2.35. The summed E-state index contributed by atoms with van der Waals surface area (Å²) in [5.74, 6) is 0.813. The normalized spacial score (nSPS) is 11.4. The van der Waals surface area contributed by atoms with Crippen molar-refractivity contribution >= 4 is 0 Å². The molecule has 0 aliphatic heterocycles. The molecule has 2 aromatic heterocycles. The van der Waals surface area contributed by atoms with Gasteiger partial charge in [0, 0.05) is 18.0 Å². The zero-order valence-corrected chi connectivity index (χ0v) is 16.5. The Kier molecular flexibility index (Phi) is 5.62. The van der Waals surface area contributed by atoms with E-state index in [4.69, 9.17) is 9.47 Å². The van der Waals surface area contributed by atoms with Crippen LogP contribution in [0, 0.1) is 0 Å². The molecule has 158 valence electrons. The van der Waals surface area contributed by atoms with Crippen molar-refractivity contribution in [3.63, 3.8) is 0 Å². The van der Waals surface area contributed by atoms with E-state index in [9.17, 15) is 13.2 Å². The molecular weight excluding hydrogens is 407 g/mol. The van der Waals surface area contributed by atoms with Gasteiger partial charge < -0.3 is 9.47 Å². The molecule has 0 spiro atoms. The lowest BCUT2D eigenvalue weighted by Gasteiger charge is -2.13. The predicted octanol–water partition coefficient (Wildman–Crippen LogP) is 5.54. The number of ether oxygens (including phenoxy) is 2. The number of halogens is 3. The molecule has 31 heavy (non-hydrogen) atoms. The van der Waals surface area contributed by atoms with Gasteiger partial charge in [-0.05, 0) is 42.0 Å². The smallest absolute Gasteiger partial charge is 0.420 e. The van der Waals surface area contributed by atoms with Gasteiger partial charge in [-0.1, -0.05) is 30.3 Å².